The number of hydrogen-bond donors (Lipinski definition) is 2. The van der Waals surface area contributed by atoms with Crippen molar-refractivity contribution in [1.82, 2.24) is 15.5 Å². The van der Waals surface area contributed by atoms with Gasteiger partial charge < -0.3 is 19.6 Å². The fourth-order valence-corrected chi connectivity index (χ4v) is 3.57. The molecule has 0 fully saturated rings. The number of carbonyl (C=O) groups excluding carboxylic acids is 1. The summed E-state index contributed by atoms with van der Waals surface area (Å²) in [6.07, 6.45) is 3.98. The van der Waals surface area contributed by atoms with E-state index in [1.807, 2.05) is 6.07 Å². The van der Waals surface area contributed by atoms with Crippen LogP contribution < -0.4 is 10.1 Å². The van der Waals surface area contributed by atoms with E-state index in [0.29, 0.717) is 24.5 Å². The molecule has 0 radical (unpaired) electrons. The minimum atomic E-state index is 0.0203. The van der Waals surface area contributed by atoms with Crippen molar-refractivity contribution >= 4 is 16.8 Å². The Bertz CT molecular complexity index is 896. The number of carbonyl (C=O) groups is 1. The molecule has 130 valence electrons. The molecule has 6 nitrogen and oxygen atoms in total. The number of benzene rings is 1. The van der Waals surface area contributed by atoms with Gasteiger partial charge in [-0.25, -0.2) is 0 Å². The number of nitrogens with one attached hydrogen (secondary N) is 2. The molecule has 0 saturated carbocycles. The number of H-pyrrole nitrogens is 1. The van der Waals surface area contributed by atoms with E-state index in [1.165, 1.54) is 18.1 Å². The van der Waals surface area contributed by atoms with Crippen LogP contribution in [0.2, 0.25) is 0 Å². The number of methoxy groups -OCH3 is 1. The highest BCUT2D eigenvalue weighted by atomic mass is 16.5. The van der Waals surface area contributed by atoms with Gasteiger partial charge in [0.1, 0.15) is 5.76 Å². The molecule has 0 aliphatic heterocycles. The normalized spacial score (nSPS) is 16.6. The van der Waals surface area contributed by atoms with E-state index in [2.05, 4.69) is 33.7 Å². The number of aryl methyl sites for hydroxylation is 2. The van der Waals surface area contributed by atoms with Gasteiger partial charge in [-0.3, -0.25) is 4.79 Å². The van der Waals surface area contributed by atoms with Crippen LogP contribution in [0.5, 0.6) is 5.88 Å². The summed E-state index contributed by atoms with van der Waals surface area (Å²) < 4.78 is 10.1. The third-order valence-electron chi connectivity index (χ3n) is 4.79. The summed E-state index contributed by atoms with van der Waals surface area (Å²) in [5.74, 6) is 1.11. The van der Waals surface area contributed by atoms with Crippen LogP contribution in [0, 0.1) is 0 Å². The van der Waals surface area contributed by atoms with Gasteiger partial charge in [-0.15, -0.1) is 0 Å². The van der Waals surface area contributed by atoms with Crippen LogP contribution in [-0.4, -0.2) is 23.2 Å². The minimum absolute atomic E-state index is 0.0203. The second-order valence-electron chi connectivity index (χ2n) is 6.41. The molecule has 2 aromatic heterocycles. The van der Waals surface area contributed by atoms with Crippen LogP contribution in [-0.2, 0) is 17.6 Å². The van der Waals surface area contributed by atoms with E-state index >= 15 is 0 Å². The van der Waals surface area contributed by atoms with Crippen molar-refractivity contribution in [3.05, 3.63) is 47.3 Å². The molecular weight excluding hydrogens is 318 g/mol. The minimum Gasteiger partial charge on any atom is -0.479 e. The van der Waals surface area contributed by atoms with Crippen molar-refractivity contribution in [3.63, 3.8) is 0 Å². The summed E-state index contributed by atoms with van der Waals surface area (Å²) in [5, 5.41) is 8.18. The average Bonchev–Trinajstić information content (AvgIpc) is 3.25. The molecule has 0 saturated heterocycles. The topological polar surface area (TPSA) is 80.1 Å². The molecule has 1 aliphatic rings. The van der Waals surface area contributed by atoms with E-state index in [9.17, 15) is 4.79 Å². The molecule has 1 amide bonds. The van der Waals surface area contributed by atoms with Crippen molar-refractivity contribution < 1.29 is 14.1 Å². The standard InChI is InChI=1S/C19H21N3O3/c1-24-18-11-12(25-22-18)9-10-17(23)20-16-8-4-6-14-13-5-2-3-7-15(13)21-19(14)16/h2-3,5,7,11,16,21H,4,6,8-10H2,1H3,(H,20,23)/t16-/m0/s1. The van der Waals surface area contributed by atoms with Crippen LogP contribution >= 0.6 is 0 Å². The fraction of sp³-hybridized carbons (Fsp3) is 0.368. The second kappa shape index (κ2) is 6.63. The Balaban J connectivity index is 1.44. The van der Waals surface area contributed by atoms with Gasteiger partial charge >= 0.3 is 0 Å². The summed E-state index contributed by atoms with van der Waals surface area (Å²) in [6, 6.07) is 10.1. The molecule has 1 atom stereocenters. The number of rotatable bonds is 5. The largest absolute Gasteiger partial charge is 0.479 e. The number of hydrogen-bond acceptors (Lipinski definition) is 4. The number of nitrogens with zero attached hydrogens (tertiary/aromatic N) is 1. The Hall–Kier alpha value is -2.76. The van der Waals surface area contributed by atoms with Gasteiger partial charge in [0.15, 0.2) is 0 Å². The lowest BCUT2D eigenvalue weighted by Crippen LogP contribution is -2.31. The molecule has 0 bridgehead atoms. The Morgan fingerprint density at radius 3 is 3.16 bits per heavy atom. The Kier molecular flexibility index (Phi) is 4.17. The molecule has 3 aromatic rings. The van der Waals surface area contributed by atoms with E-state index in [0.717, 1.165) is 30.5 Å². The van der Waals surface area contributed by atoms with Gasteiger partial charge in [-0.1, -0.05) is 18.2 Å². The zero-order valence-electron chi connectivity index (χ0n) is 14.2. The Labute approximate surface area is 145 Å². The third-order valence-corrected chi connectivity index (χ3v) is 4.79. The molecule has 0 unspecified atom stereocenters. The molecular formula is C19H21N3O3. The Morgan fingerprint density at radius 2 is 2.32 bits per heavy atom. The Morgan fingerprint density at radius 1 is 1.44 bits per heavy atom. The molecule has 2 N–H and O–H groups in total. The van der Waals surface area contributed by atoms with Crippen molar-refractivity contribution in [2.24, 2.45) is 0 Å². The van der Waals surface area contributed by atoms with Gasteiger partial charge in [0.2, 0.25) is 5.91 Å². The van der Waals surface area contributed by atoms with E-state index in [1.54, 1.807) is 6.07 Å². The van der Waals surface area contributed by atoms with Gasteiger partial charge in [0.05, 0.1) is 13.2 Å². The zero-order valence-corrected chi connectivity index (χ0v) is 14.2. The third kappa shape index (κ3) is 3.12. The molecule has 1 aliphatic carbocycles. The maximum atomic E-state index is 12.4. The highest BCUT2D eigenvalue weighted by molar-refractivity contribution is 5.85. The van der Waals surface area contributed by atoms with Crippen LogP contribution in [0.4, 0.5) is 0 Å². The summed E-state index contributed by atoms with van der Waals surface area (Å²) in [7, 11) is 1.54. The SMILES string of the molecule is COc1cc(CCC(=O)N[C@H]2CCCc3c2[nH]c2ccccc32)on1. The molecule has 25 heavy (non-hydrogen) atoms. The first kappa shape index (κ1) is 15.7. The maximum Gasteiger partial charge on any atom is 0.254 e. The first-order valence-corrected chi connectivity index (χ1v) is 8.63. The molecule has 0 spiro atoms. The second-order valence-corrected chi connectivity index (χ2v) is 6.41. The first-order chi connectivity index (χ1) is 12.2. The number of ether oxygens (including phenoxy) is 1. The lowest BCUT2D eigenvalue weighted by atomic mass is 9.91. The molecule has 2 heterocycles. The molecule has 4 rings (SSSR count). The number of aromatic amines is 1. The van der Waals surface area contributed by atoms with Crippen LogP contribution in [0.3, 0.4) is 0 Å². The van der Waals surface area contributed by atoms with Gasteiger partial charge in [0.25, 0.3) is 5.88 Å². The number of para-hydroxylation sites is 1. The van der Waals surface area contributed by atoms with Gasteiger partial charge in [0, 0.05) is 35.5 Å². The van der Waals surface area contributed by atoms with Crippen LogP contribution in [0.1, 0.15) is 42.3 Å². The quantitative estimate of drug-likeness (QED) is 0.747. The predicted octanol–water partition coefficient (Wildman–Crippen LogP) is 3.29. The predicted molar refractivity (Wildman–Crippen MR) is 93.5 cm³/mol. The number of amides is 1. The summed E-state index contributed by atoms with van der Waals surface area (Å²) in [5.41, 5.74) is 3.64. The van der Waals surface area contributed by atoms with Crippen molar-refractivity contribution in [2.75, 3.05) is 7.11 Å². The van der Waals surface area contributed by atoms with Crippen molar-refractivity contribution in [3.8, 4) is 5.88 Å². The monoisotopic (exact) mass is 339 g/mol. The summed E-state index contributed by atoms with van der Waals surface area (Å²) in [4.78, 5) is 15.9. The van der Waals surface area contributed by atoms with Gasteiger partial charge in [-0.2, -0.15) is 0 Å². The molecule has 1 aromatic carbocycles. The number of aromatic nitrogens is 2. The molecule has 6 heteroatoms. The zero-order chi connectivity index (χ0) is 17.2. The van der Waals surface area contributed by atoms with Crippen molar-refractivity contribution in [2.45, 2.75) is 38.1 Å². The lowest BCUT2D eigenvalue weighted by molar-refractivity contribution is -0.122. The van der Waals surface area contributed by atoms with Crippen molar-refractivity contribution in [1.29, 1.82) is 0 Å². The van der Waals surface area contributed by atoms with Crippen LogP contribution in [0.25, 0.3) is 10.9 Å². The summed E-state index contributed by atoms with van der Waals surface area (Å²) in [6.45, 7) is 0. The maximum absolute atomic E-state index is 12.4. The van der Waals surface area contributed by atoms with Crippen LogP contribution in [0.15, 0.2) is 34.9 Å². The lowest BCUT2D eigenvalue weighted by Gasteiger charge is -2.23. The van der Waals surface area contributed by atoms with E-state index in [-0.39, 0.29) is 11.9 Å². The fourth-order valence-electron chi connectivity index (χ4n) is 3.57. The average molecular weight is 339 g/mol. The highest BCUT2D eigenvalue weighted by Crippen LogP contribution is 2.34. The number of fused-ring (bicyclic) bond motifs is 3. The smallest absolute Gasteiger partial charge is 0.254 e. The van der Waals surface area contributed by atoms with Gasteiger partial charge in [-0.05, 0) is 36.0 Å². The highest BCUT2D eigenvalue weighted by Gasteiger charge is 2.25. The van der Waals surface area contributed by atoms with E-state index in [4.69, 9.17) is 9.26 Å². The van der Waals surface area contributed by atoms with E-state index < -0.39 is 0 Å². The first-order valence-electron chi connectivity index (χ1n) is 8.63. The summed E-state index contributed by atoms with van der Waals surface area (Å²) >= 11 is 0.